The Bertz CT molecular complexity index is 881. The summed E-state index contributed by atoms with van der Waals surface area (Å²) in [5.41, 5.74) is 1.69. The number of esters is 1. The van der Waals surface area contributed by atoms with Gasteiger partial charge in [0.15, 0.2) is 12.4 Å². The van der Waals surface area contributed by atoms with Crippen molar-refractivity contribution >= 4 is 34.7 Å². The third-order valence-corrected chi connectivity index (χ3v) is 5.06. The molecule has 1 amide bonds. The van der Waals surface area contributed by atoms with Crippen molar-refractivity contribution in [2.45, 2.75) is 33.1 Å². The lowest BCUT2D eigenvalue weighted by Gasteiger charge is -2.21. The number of nitrogens with zero attached hydrogens (tertiary/aromatic N) is 2. The molecule has 0 N–H and O–H groups in total. The van der Waals surface area contributed by atoms with Crippen LogP contribution in [0, 0.1) is 25.2 Å². The predicted molar refractivity (Wildman–Crippen MR) is 107 cm³/mol. The van der Waals surface area contributed by atoms with Crippen LogP contribution in [-0.4, -0.2) is 30.8 Å². The Morgan fingerprint density at radius 2 is 1.79 bits per heavy atom. The highest BCUT2D eigenvalue weighted by molar-refractivity contribution is 7.14. The molecular weight excluding hydrogens is 376 g/mol. The fraction of sp³-hybridized carbons (Fsp3) is 0.333. The maximum atomic E-state index is 12.5. The van der Waals surface area contributed by atoms with E-state index >= 15 is 0 Å². The van der Waals surface area contributed by atoms with Gasteiger partial charge in [0.25, 0.3) is 5.91 Å². The number of hydrogen-bond donors (Lipinski definition) is 0. The molecule has 146 valence electrons. The van der Waals surface area contributed by atoms with Crippen LogP contribution in [-0.2, 0) is 14.3 Å². The first kappa shape index (κ1) is 21.3. The largest absolute Gasteiger partial charge is 0.456 e. The first-order valence-corrected chi connectivity index (χ1v) is 9.71. The molecule has 0 aliphatic carbocycles. The normalized spacial score (nSPS) is 10.2. The lowest BCUT2D eigenvalue weighted by molar-refractivity contribution is -0.147. The van der Waals surface area contributed by atoms with E-state index in [0.717, 1.165) is 10.4 Å². The van der Waals surface area contributed by atoms with E-state index in [2.05, 4.69) is 0 Å². The summed E-state index contributed by atoms with van der Waals surface area (Å²) in [6.07, 6.45) is 0.136. The quantitative estimate of drug-likeness (QED) is 0.473. The Kier molecular flexibility index (Phi) is 7.90. The van der Waals surface area contributed by atoms with Crippen molar-refractivity contribution < 1.29 is 19.1 Å². The van der Waals surface area contributed by atoms with E-state index in [1.54, 1.807) is 18.2 Å². The van der Waals surface area contributed by atoms with Gasteiger partial charge in [-0.3, -0.25) is 14.4 Å². The van der Waals surface area contributed by atoms with Gasteiger partial charge < -0.3 is 9.64 Å². The molecule has 1 aromatic heterocycles. The third-order valence-electron chi connectivity index (χ3n) is 4.02. The Balaban J connectivity index is 1.86. The number of hydrogen-bond acceptors (Lipinski definition) is 6. The summed E-state index contributed by atoms with van der Waals surface area (Å²) in [5, 5.41) is 8.82. The van der Waals surface area contributed by atoms with Crippen LogP contribution < -0.4 is 4.90 Å². The van der Waals surface area contributed by atoms with Crippen molar-refractivity contribution in [2.24, 2.45) is 0 Å². The number of ketones is 1. The van der Waals surface area contributed by atoms with Gasteiger partial charge in [0.05, 0.1) is 23.8 Å². The Morgan fingerprint density at radius 3 is 2.39 bits per heavy atom. The van der Waals surface area contributed by atoms with Crippen molar-refractivity contribution in [3.05, 3.63) is 51.7 Å². The van der Waals surface area contributed by atoms with Crippen LogP contribution in [0.2, 0.25) is 0 Å². The van der Waals surface area contributed by atoms with Crippen LogP contribution in [0.3, 0.4) is 0 Å². The number of carbonyl (C=O) groups is 3. The number of rotatable bonds is 9. The van der Waals surface area contributed by atoms with E-state index in [0.29, 0.717) is 10.6 Å². The van der Waals surface area contributed by atoms with Crippen molar-refractivity contribution in [3.8, 4) is 6.07 Å². The lowest BCUT2D eigenvalue weighted by atomic mass is 10.2. The van der Waals surface area contributed by atoms with Crippen LogP contribution in [0.1, 0.15) is 39.4 Å². The van der Waals surface area contributed by atoms with Gasteiger partial charge in [0, 0.05) is 23.5 Å². The lowest BCUT2D eigenvalue weighted by Crippen LogP contribution is -2.35. The SMILES string of the molecule is Cc1ccc(N(CCC#N)C(=O)COC(=O)CCC(=O)c2ccc(C)s2)cc1. The summed E-state index contributed by atoms with van der Waals surface area (Å²) < 4.78 is 5.04. The number of Topliss-reactive ketones (excluding diaryl/α,β-unsaturated/α-hetero) is 1. The molecule has 0 bridgehead atoms. The molecule has 0 fully saturated rings. The van der Waals surface area contributed by atoms with Gasteiger partial charge >= 0.3 is 5.97 Å². The second kappa shape index (κ2) is 10.4. The van der Waals surface area contributed by atoms with Crippen LogP contribution in [0.15, 0.2) is 36.4 Å². The molecule has 1 aromatic carbocycles. The highest BCUT2D eigenvalue weighted by Crippen LogP contribution is 2.18. The minimum Gasteiger partial charge on any atom is -0.456 e. The number of ether oxygens (including phenoxy) is 1. The summed E-state index contributed by atoms with van der Waals surface area (Å²) in [7, 11) is 0. The molecule has 0 radical (unpaired) electrons. The van der Waals surface area contributed by atoms with Crippen LogP contribution in [0.5, 0.6) is 0 Å². The van der Waals surface area contributed by atoms with E-state index < -0.39 is 18.5 Å². The number of benzene rings is 1. The molecule has 7 heteroatoms. The zero-order valence-corrected chi connectivity index (χ0v) is 16.8. The fourth-order valence-electron chi connectivity index (χ4n) is 2.50. The van der Waals surface area contributed by atoms with Crippen molar-refractivity contribution in [3.63, 3.8) is 0 Å². The van der Waals surface area contributed by atoms with Crippen molar-refractivity contribution in [1.82, 2.24) is 0 Å². The number of anilines is 1. The van der Waals surface area contributed by atoms with Crippen molar-refractivity contribution in [2.75, 3.05) is 18.1 Å². The number of amides is 1. The molecular formula is C21H22N2O4S. The molecule has 28 heavy (non-hydrogen) atoms. The molecule has 0 saturated heterocycles. The average molecular weight is 398 g/mol. The number of carbonyl (C=O) groups excluding carboxylic acids is 3. The molecule has 0 unspecified atom stereocenters. The smallest absolute Gasteiger partial charge is 0.306 e. The summed E-state index contributed by atoms with van der Waals surface area (Å²) in [4.78, 5) is 39.5. The van der Waals surface area contributed by atoms with E-state index in [1.807, 2.05) is 38.1 Å². The van der Waals surface area contributed by atoms with E-state index in [1.165, 1.54) is 16.2 Å². The van der Waals surface area contributed by atoms with Gasteiger partial charge in [-0.05, 0) is 38.1 Å². The first-order chi connectivity index (χ1) is 13.4. The second-order valence-corrected chi connectivity index (χ2v) is 7.57. The number of aryl methyl sites for hydroxylation is 2. The maximum Gasteiger partial charge on any atom is 0.306 e. The molecule has 0 aliphatic rings. The van der Waals surface area contributed by atoms with Crippen LogP contribution >= 0.6 is 11.3 Å². The van der Waals surface area contributed by atoms with Gasteiger partial charge in [-0.2, -0.15) is 5.26 Å². The molecule has 0 atom stereocenters. The summed E-state index contributed by atoms with van der Waals surface area (Å²) >= 11 is 1.39. The van der Waals surface area contributed by atoms with Gasteiger partial charge in [-0.1, -0.05) is 17.7 Å². The molecule has 0 spiro atoms. The van der Waals surface area contributed by atoms with Gasteiger partial charge in [0.2, 0.25) is 0 Å². The van der Waals surface area contributed by atoms with Crippen LogP contribution in [0.4, 0.5) is 5.69 Å². The van der Waals surface area contributed by atoms with Gasteiger partial charge in [-0.15, -0.1) is 11.3 Å². The highest BCUT2D eigenvalue weighted by atomic mass is 32.1. The monoisotopic (exact) mass is 398 g/mol. The third kappa shape index (κ3) is 6.32. The highest BCUT2D eigenvalue weighted by Gasteiger charge is 2.18. The van der Waals surface area contributed by atoms with E-state index in [-0.39, 0.29) is 31.6 Å². The Morgan fingerprint density at radius 1 is 1.07 bits per heavy atom. The predicted octanol–water partition coefficient (Wildman–Crippen LogP) is 3.82. The number of thiophene rings is 1. The molecule has 0 saturated carbocycles. The summed E-state index contributed by atoms with van der Waals surface area (Å²) in [6.45, 7) is 3.63. The molecule has 1 heterocycles. The zero-order chi connectivity index (χ0) is 20.5. The summed E-state index contributed by atoms with van der Waals surface area (Å²) in [6, 6.07) is 12.9. The van der Waals surface area contributed by atoms with Gasteiger partial charge in [-0.25, -0.2) is 0 Å². The maximum absolute atomic E-state index is 12.5. The van der Waals surface area contributed by atoms with E-state index in [9.17, 15) is 14.4 Å². The zero-order valence-electron chi connectivity index (χ0n) is 15.9. The minimum atomic E-state index is -0.598. The molecule has 2 aromatic rings. The average Bonchev–Trinajstić information content (AvgIpc) is 3.12. The standard InChI is InChI=1S/C21H22N2O4S/c1-15-4-7-17(8-5-15)23(13-3-12-22)20(25)14-27-21(26)11-9-18(24)19-10-6-16(2)28-19/h4-8,10H,3,9,11,13-14H2,1-2H3. The fourth-order valence-corrected chi connectivity index (χ4v) is 3.33. The molecule has 6 nitrogen and oxygen atoms in total. The Labute approximate surface area is 168 Å². The van der Waals surface area contributed by atoms with Crippen LogP contribution in [0.25, 0.3) is 0 Å². The molecule has 0 aliphatic heterocycles. The first-order valence-electron chi connectivity index (χ1n) is 8.90. The van der Waals surface area contributed by atoms with Gasteiger partial charge in [0.1, 0.15) is 0 Å². The van der Waals surface area contributed by atoms with E-state index in [4.69, 9.17) is 10.00 Å². The second-order valence-electron chi connectivity index (χ2n) is 6.28. The topological polar surface area (TPSA) is 87.5 Å². The van der Waals surface area contributed by atoms with Crippen molar-refractivity contribution in [1.29, 1.82) is 5.26 Å². The summed E-state index contributed by atoms with van der Waals surface area (Å²) in [5.74, 6) is -1.12. The number of nitriles is 1. The molecule has 2 rings (SSSR count). The Hall–Kier alpha value is -2.98. The minimum absolute atomic E-state index is 0.0447.